The van der Waals surface area contributed by atoms with E-state index in [0.29, 0.717) is 34.4 Å². The Kier molecular flexibility index (Phi) is 3.46. The van der Waals surface area contributed by atoms with Crippen LogP contribution in [-0.4, -0.2) is 35.9 Å². The molecule has 0 aliphatic rings. The lowest BCUT2D eigenvalue weighted by molar-refractivity contribution is 0.324. The van der Waals surface area contributed by atoms with Crippen LogP contribution in [-0.2, 0) is 0 Å². The molecule has 2 aromatic heterocycles. The van der Waals surface area contributed by atoms with Crippen molar-refractivity contribution in [2.24, 2.45) is 0 Å². The lowest BCUT2D eigenvalue weighted by atomic mass is 10.1. The number of hydrogen-bond acceptors (Lipinski definition) is 6. The van der Waals surface area contributed by atoms with Gasteiger partial charge in [-0.2, -0.15) is 9.61 Å². The van der Waals surface area contributed by atoms with E-state index in [2.05, 4.69) is 10.1 Å². The summed E-state index contributed by atoms with van der Waals surface area (Å²) >= 11 is 0. The summed E-state index contributed by atoms with van der Waals surface area (Å²) in [7, 11) is 4.71. The quantitative estimate of drug-likeness (QED) is 0.793. The van der Waals surface area contributed by atoms with E-state index in [1.54, 1.807) is 44.2 Å². The van der Waals surface area contributed by atoms with Crippen LogP contribution in [0.15, 0.2) is 30.5 Å². The summed E-state index contributed by atoms with van der Waals surface area (Å²) in [6, 6.07) is 7.20. The smallest absolute Gasteiger partial charge is 0.203 e. The summed E-state index contributed by atoms with van der Waals surface area (Å²) in [5, 5.41) is 4.11. The first-order valence-corrected chi connectivity index (χ1v) is 6.58. The summed E-state index contributed by atoms with van der Waals surface area (Å²) in [4.78, 5) is 4.54. The Balaban J connectivity index is 2.21. The number of ether oxygens (including phenoxy) is 3. The number of nitrogen functional groups attached to an aromatic ring is 1. The zero-order chi connectivity index (χ0) is 15.7. The molecule has 0 saturated carbocycles. The molecule has 1 aromatic carbocycles. The van der Waals surface area contributed by atoms with Crippen molar-refractivity contribution in [2.75, 3.05) is 27.1 Å². The van der Waals surface area contributed by atoms with E-state index in [9.17, 15) is 0 Å². The van der Waals surface area contributed by atoms with Gasteiger partial charge in [0.1, 0.15) is 5.82 Å². The Labute approximate surface area is 127 Å². The van der Waals surface area contributed by atoms with Gasteiger partial charge in [0, 0.05) is 17.7 Å². The van der Waals surface area contributed by atoms with E-state index in [4.69, 9.17) is 19.9 Å². The molecule has 0 unspecified atom stereocenters. The molecular formula is C15H16N4O3. The molecule has 2 N–H and O–H groups in total. The number of nitrogens with two attached hydrogens (primary N) is 1. The highest BCUT2D eigenvalue weighted by molar-refractivity contribution is 5.71. The minimum absolute atomic E-state index is 0.499. The van der Waals surface area contributed by atoms with Crippen LogP contribution >= 0.6 is 0 Å². The molecule has 7 nitrogen and oxygen atoms in total. The average molecular weight is 300 g/mol. The summed E-state index contributed by atoms with van der Waals surface area (Å²) in [5.74, 6) is 2.15. The Morgan fingerprint density at radius 3 is 2.27 bits per heavy atom. The molecule has 22 heavy (non-hydrogen) atoms. The van der Waals surface area contributed by atoms with E-state index in [-0.39, 0.29) is 0 Å². The Bertz CT molecular complexity index is 804. The lowest BCUT2D eigenvalue weighted by Crippen LogP contribution is -2.01. The third-order valence-corrected chi connectivity index (χ3v) is 3.35. The molecule has 2 heterocycles. The highest BCUT2D eigenvalue weighted by Crippen LogP contribution is 2.41. The molecule has 0 spiro atoms. The summed E-state index contributed by atoms with van der Waals surface area (Å²) < 4.78 is 17.6. The maximum Gasteiger partial charge on any atom is 0.203 e. The zero-order valence-electron chi connectivity index (χ0n) is 12.5. The van der Waals surface area contributed by atoms with Gasteiger partial charge in [-0.3, -0.25) is 0 Å². The SMILES string of the molecule is COc1cc(-c2cc(N)n3nccc3n2)cc(OC)c1OC. The van der Waals surface area contributed by atoms with Crippen molar-refractivity contribution in [3.05, 3.63) is 30.5 Å². The number of nitrogens with zero attached hydrogens (tertiary/aromatic N) is 3. The van der Waals surface area contributed by atoms with Gasteiger partial charge < -0.3 is 19.9 Å². The first-order chi connectivity index (χ1) is 10.7. The van der Waals surface area contributed by atoms with Gasteiger partial charge in [0.2, 0.25) is 5.75 Å². The van der Waals surface area contributed by atoms with Crippen molar-refractivity contribution in [1.29, 1.82) is 0 Å². The third-order valence-electron chi connectivity index (χ3n) is 3.35. The van der Waals surface area contributed by atoms with Gasteiger partial charge >= 0.3 is 0 Å². The van der Waals surface area contributed by atoms with Gasteiger partial charge in [-0.1, -0.05) is 0 Å². The van der Waals surface area contributed by atoms with Crippen LogP contribution in [0.2, 0.25) is 0 Å². The molecule has 0 saturated heterocycles. The van der Waals surface area contributed by atoms with E-state index < -0.39 is 0 Å². The summed E-state index contributed by atoms with van der Waals surface area (Å²) in [5.41, 5.74) is 8.19. The van der Waals surface area contributed by atoms with Gasteiger partial charge in [-0.25, -0.2) is 4.98 Å². The van der Waals surface area contributed by atoms with Crippen LogP contribution in [0.5, 0.6) is 17.2 Å². The van der Waals surface area contributed by atoms with Crippen LogP contribution in [0.25, 0.3) is 16.9 Å². The second-order valence-electron chi connectivity index (χ2n) is 4.58. The summed E-state index contributed by atoms with van der Waals surface area (Å²) in [6.45, 7) is 0. The van der Waals surface area contributed by atoms with Gasteiger partial charge in [-0.05, 0) is 12.1 Å². The molecule has 0 aliphatic heterocycles. The normalized spacial score (nSPS) is 10.7. The number of fused-ring (bicyclic) bond motifs is 1. The standard InChI is InChI=1S/C15H16N4O3/c1-20-11-6-9(7-12(21-2)15(11)22-3)10-8-13(16)19-14(18-10)4-5-17-19/h4-8H,16H2,1-3H3. The Morgan fingerprint density at radius 2 is 1.68 bits per heavy atom. The Morgan fingerprint density at radius 1 is 1.00 bits per heavy atom. The molecule has 0 bridgehead atoms. The highest BCUT2D eigenvalue weighted by Gasteiger charge is 2.15. The largest absolute Gasteiger partial charge is 0.493 e. The zero-order valence-corrected chi connectivity index (χ0v) is 12.5. The second-order valence-corrected chi connectivity index (χ2v) is 4.58. The van der Waals surface area contributed by atoms with Crippen molar-refractivity contribution < 1.29 is 14.2 Å². The fourth-order valence-electron chi connectivity index (χ4n) is 2.31. The van der Waals surface area contributed by atoms with Crippen molar-refractivity contribution in [1.82, 2.24) is 14.6 Å². The van der Waals surface area contributed by atoms with Gasteiger partial charge in [-0.15, -0.1) is 0 Å². The van der Waals surface area contributed by atoms with E-state index in [1.807, 2.05) is 12.1 Å². The van der Waals surface area contributed by atoms with Crippen molar-refractivity contribution in [2.45, 2.75) is 0 Å². The molecule has 3 rings (SSSR count). The molecule has 0 radical (unpaired) electrons. The number of benzene rings is 1. The van der Waals surface area contributed by atoms with Crippen LogP contribution in [0.4, 0.5) is 5.82 Å². The monoisotopic (exact) mass is 300 g/mol. The molecule has 0 fully saturated rings. The van der Waals surface area contributed by atoms with Crippen LogP contribution in [0, 0.1) is 0 Å². The highest BCUT2D eigenvalue weighted by atomic mass is 16.5. The number of rotatable bonds is 4. The minimum Gasteiger partial charge on any atom is -0.493 e. The third kappa shape index (κ3) is 2.16. The second kappa shape index (κ2) is 5.44. The average Bonchev–Trinajstić information content (AvgIpc) is 3.02. The predicted molar refractivity (Wildman–Crippen MR) is 82.5 cm³/mol. The van der Waals surface area contributed by atoms with Crippen LogP contribution in [0.3, 0.4) is 0 Å². The van der Waals surface area contributed by atoms with Crippen molar-refractivity contribution >= 4 is 11.5 Å². The molecule has 3 aromatic rings. The van der Waals surface area contributed by atoms with Crippen LogP contribution < -0.4 is 19.9 Å². The maximum absolute atomic E-state index is 6.01. The lowest BCUT2D eigenvalue weighted by Gasteiger charge is -2.14. The first-order valence-electron chi connectivity index (χ1n) is 6.58. The molecule has 0 atom stereocenters. The molecular weight excluding hydrogens is 284 g/mol. The Hall–Kier alpha value is -2.96. The summed E-state index contributed by atoms with van der Waals surface area (Å²) in [6.07, 6.45) is 1.65. The van der Waals surface area contributed by atoms with Crippen molar-refractivity contribution in [3.63, 3.8) is 0 Å². The topological polar surface area (TPSA) is 83.9 Å². The van der Waals surface area contributed by atoms with Gasteiger partial charge in [0.25, 0.3) is 0 Å². The van der Waals surface area contributed by atoms with Gasteiger partial charge in [0.15, 0.2) is 17.1 Å². The maximum atomic E-state index is 6.01. The van der Waals surface area contributed by atoms with Crippen LogP contribution in [0.1, 0.15) is 0 Å². The minimum atomic E-state index is 0.499. The van der Waals surface area contributed by atoms with E-state index in [0.717, 1.165) is 5.56 Å². The molecule has 7 heteroatoms. The van der Waals surface area contributed by atoms with E-state index >= 15 is 0 Å². The number of anilines is 1. The first kappa shape index (κ1) is 14.0. The number of aromatic nitrogens is 3. The molecule has 0 aliphatic carbocycles. The number of methoxy groups -OCH3 is 3. The predicted octanol–water partition coefficient (Wildman–Crippen LogP) is 2.00. The molecule has 0 amide bonds. The fraction of sp³-hybridized carbons (Fsp3) is 0.200. The fourth-order valence-corrected chi connectivity index (χ4v) is 2.31. The van der Waals surface area contributed by atoms with E-state index in [1.165, 1.54) is 0 Å². The van der Waals surface area contributed by atoms with Gasteiger partial charge in [0.05, 0.1) is 33.2 Å². The molecule has 114 valence electrons. The number of hydrogen-bond donors (Lipinski definition) is 1. The van der Waals surface area contributed by atoms with Crippen molar-refractivity contribution in [3.8, 4) is 28.5 Å².